The molecule has 0 fully saturated rings. The second kappa shape index (κ2) is 9.83. The molecular weight excluding hydrogens is 224 g/mol. The van der Waals surface area contributed by atoms with Crippen LogP contribution in [0.1, 0.15) is 26.2 Å². The lowest BCUT2D eigenvalue weighted by molar-refractivity contribution is 0.122. The lowest BCUT2D eigenvalue weighted by Crippen LogP contribution is -2.42. The third-order valence-corrected chi connectivity index (χ3v) is 5.19. The number of allylic oxidation sites excluding steroid dienone is 1. The molecule has 0 aromatic rings. The molecule has 0 N–H and O–H groups in total. The minimum Gasteiger partial charge on any atom is -0.502 e. The largest absolute Gasteiger partial charge is 0.502 e. The lowest BCUT2D eigenvalue weighted by atomic mass is 10.4. The van der Waals surface area contributed by atoms with E-state index in [1.165, 1.54) is 0 Å². The van der Waals surface area contributed by atoms with Crippen molar-refractivity contribution >= 4 is 8.80 Å². The van der Waals surface area contributed by atoms with E-state index in [1.807, 2.05) is 6.08 Å². The van der Waals surface area contributed by atoms with Gasteiger partial charge in [0.25, 0.3) is 0 Å². The van der Waals surface area contributed by atoms with Crippen LogP contribution in [0.4, 0.5) is 0 Å². The van der Waals surface area contributed by atoms with Gasteiger partial charge in [-0.3, -0.25) is 0 Å². The van der Waals surface area contributed by atoms with E-state index in [4.69, 9.17) is 18.0 Å². The lowest BCUT2D eigenvalue weighted by Gasteiger charge is -2.24. The number of rotatable bonds is 10. The van der Waals surface area contributed by atoms with Gasteiger partial charge in [-0.15, -0.1) is 0 Å². The minimum absolute atomic E-state index is 0.734. The molecule has 16 heavy (non-hydrogen) atoms. The van der Waals surface area contributed by atoms with Gasteiger partial charge in [0.15, 0.2) is 0 Å². The highest BCUT2D eigenvalue weighted by Gasteiger charge is 2.36. The highest BCUT2D eigenvalue weighted by Crippen LogP contribution is 2.16. The van der Waals surface area contributed by atoms with E-state index >= 15 is 0 Å². The average molecular weight is 248 g/mol. The Hall–Kier alpha value is -0.363. The second-order valence-electron chi connectivity index (χ2n) is 3.40. The number of hydrogen-bond donors (Lipinski definition) is 0. The molecule has 0 aliphatic heterocycles. The van der Waals surface area contributed by atoms with E-state index in [0.717, 1.165) is 31.9 Å². The van der Waals surface area contributed by atoms with Crippen LogP contribution in [0.15, 0.2) is 12.3 Å². The summed E-state index contributed by atoms with van der Waals surface area (Å²) in [4.78, 5) is 0. The van der Waals surface area contributed by atoms with Crippen molar-refractivity contribution in [3.63, 3.8) is 0 Å². The maximum atomic E-state index is 5.32. The fourth-order valence-electron chi connectivity index (χ4n) is 1.32. The van der Waals surface area contributed by atoms with E-state index < -0.39 is 8.80 Å². The molecule has 0 bridgehead atoms. The predicted molar refractivity (Wildman–Crippen MR) is 66.2 cm³/mol. The number of hydrogen-bond acceptors (Lipinski definition) is 4. The van der Waals surface area contributed by atoms with Crippen LogP contribution in [-0.2, 0) is 18.0 Å². The van der Waals surface area contributed by atoms with E-state index in [2.05, 4.69) is 6.92 Å². The highest BCUT2D eigenvalue weighted by atomic mass is 28.4. The molecule has 5 heteroatoms. The smallest absolute Gasteiger partial charge is 0.500 e. The molecule has 0 rings (SSSR count). The zero-order valence-corrected chi connectivity index (χ0v) is 11.8. The molecule has 0 amide bonds. The Morgan fingerprint density at radius 3 is 2.12 bits per heavy atom. The molecule has 4 nitrogen and oxygen atoms in total. The van der Waals surface area contributed by atoms with Gasteiger partial charge >= 0.3 is 8.80 Å². The fraction of sp³-hybridized carbons (Fsp3) is 0.818. The molecule has 0 saturated carbocycles. The van der Waals surface area contributed by atoms with E-state index in [9.17, 15) is 0 Å². The van der Waals surface area contributed by atoms with Crippen molar-refractivity contribution in [2.75, 3.05) is 27.9 Å². The van der Waals surface area contributed by atoms with Gasteiger partial charge in [-0.1, -0.05) is 13.0 Å². The number of ether oxygens (including phenoxy) is 1. The third kappa shape index (κ3) is 6.27. The number of unbranched alkanes of at least 4 members (excludes halogenated alkanes) is 1. The second-order valence-corrected chi connectivity index (χ2v) is 6.49. The first-order valence-electron chi connectivity index (χ1n) is 5.66. The van der Waals surface area contributed by atoms with Crippen molar-refractivity contribution in [2.45, 2.75) is 32.2 Å². The summed E-state index contributed by atoms with van der Waals surface area (Å²) in [7, 11) is 2.55. The Balaban J connectivity index is 3.59. The van der Waals surface area contributed by atoms with Gasteiger partial charge in [0.2, 0.25) is 0 Å². The van der Waals surface area contributed by atoms with Gasteiger partial charge in [0.05, 0.1) is 12.9 Å². The summed E-state index contributed by atoms with van der Waals surface area (Å²) < 4.78 is 21.3. The first-order chi connectivity index (χ1) is 7.74. The summed E-state index contributed by atoms with van der Waals surface area (Å²) in [6.07, 6.45) is 6.74. The van der Waals surface area contributed by atoms with Crippen LogP contribution in [0.2, 0.25) is 6.04 Å². The monoisotopic (exact) mass is 248 g/mol. The van der Waals surface area contributed by atoms with Crippen LogP contribution in [0.5, 0.6) is 0 Å². The summed E-state index contributed by atoms with van der Waals surface area (Å²) in [5.41, 5.74) is 0. The molecule has 0 aliphatic rings. The standard InChI is InChI=1S/C11H24O4Si/c1-5-6-9-15-10-7-8-11-16(12-2,13-3)14-4/h6,9H,5,7-8,10-11H2,1-4H3. The summed E-state index contributed by atoms with van der Waals surface area (Å²) in [6.45, 7) is 2.81. The quantitative estimate of drug-likeness (QED) is 0.338. The van der Waals surface area contributed by atoms with Gasteiger partial charge < -0.3 is 18.0 Å². The van der Waals surface area contributed by atoms with Crippen LogP contribution in [0, 0.1) is 0 Å². The topological polar surface area (TPSA) is 36.9 Å². The zero-order chi connectivity index (χ0) is 12.3. The summed E-state index contributed by atoms with van der Waals surface area (Å²) in [5, 5.41) is 0. The van der Waals surface area contributed by atoms with Crippen molar-refractivity contribution in [3.8, 4) is 0 Å². The molecule has 0 aromatic heterocycles. The molecule has 0 saturated heterocycles. The molecule has 0 aliphatic carbocycles. The Morgan fingerprint density at radius 1 is 1.00 bits per heavy atom. The first kappa shape index (κ1) is 15.6. The zero-order valence-electron chi connectivity index (χ0n) is 10.8. The van der Waals surface area contributed by atoms with Gasteiger partial charge in [-0.05, 0) is 19.3 Å². The van der Waals surface area contributed by atoms with Crippen molar-refractivity contribution in [3.05, 3.63) is 12.3 Å². The Labute approximate surface area is 99.9 Å². The van der Waals surface area contributed by atoms with Crippen molar-refractivity contribution in [1.29, 1.82) is 0 Å². The molecule has 96 valence electrons. The van der Waals surface area contributed by atoms with Gasteiger partial charge in [0, 0.05) is 27.4 Å². The van der Waals surface area contributed by atoms with Crippen LogP contribution < -0.4 is 0 Å². The van der Waals surface area contributed by atoms with Crippen LogP contribution in [0.3, 0.4) is 0 Å². The third-order valence-electron chi connectivity index (χ3n) is 2.36. The summed E-state index contributed by atoms with van der Waals surface area (Å²) >= 11 is 0. The van der Waals surface area contributed by atoms with E-state index in [-0.39, 0.29) is 0 Å². The van der Waals surface area contributed by atoms with Crippen molar-refractivity contribution in [1.82, 2.24) is 0 Å². The normalized spacial score (nSPS) is 12.2. The Morgan fingerprint density at radius 2 is 1.62 bits per heavy atom. The van der Waals surface area contributed by atoms with Gasteiger partial charge in [-0.2, -0.15) is 0 Å². The van der Waals surface area contributed by atoms with Gasteiger partial charge in [0.1, 0.15) is 0 Å². The van der Waals surface area contributed by atoms with Crippen LogP contribution in [0.25, 0.3) is 0 Å². The maximum Gasteiger partial charge on any atom is 0.500 e. The molecule has 0 unspecified atom stereocenters. The maximum absolute atomic E-state index is 5.32. The minimum atomic E-state index is -2.37. The average Bonchev–Trinajstić information content (AvgIpc) is 2.34. The van der Waals surface area contributed by atoms with E-state index in [0.29, 0.717) is 0 Å². The summed E-state index contributed by atoms with van der Waals surface area (Å²) in [5.74, 6) is 0. The van der Waals surface area contributed by atoms with Crippen LogP contribution in [-0.4, -0.2) is 36.7 Å². The molecular formula is C11H24O4Si. The first-order valence-corrected chi connectivity index (χ1v) is 7.60. The molecule has 0 aromatic carbocycles. The molecule has 0 spiro atoms. The molecule has 0 heterocycles. The fourth-order valence-corrected chi connectivity index (χ4v) is 3.11. The SMILES string of the molecule is CCC=COCCCC[Si](OC)(OC)OC. The molecule has 0 radical (unpaired) electrons. The van der Waals surface area contributed by atoms with Gasteiger partial charge in [-0.25, -0.2) is 0 Å². The Kier molecular flexibility index (Phi) is 9.61. The predicted octanol–water partition coefficient (Wildman–Crippen LogP) is 2.59. The van der Waals surface area contributed by atoms with E-state index in [1.54, 1.807) is 27.6 Å². The molecule has 0 atom stereocenters. The Bertz CT molecular complexity index is 173. The summed E-state index contributed by atoms with van der Waals surface area (Å²) in [6, 6.07) is 0.831. The van der Waals surface area contributed by atoms with Crippen molar-refractivity contribution in [2.24, 2.45) is 0 Å². The van der Waals surface area contributed by atoms with Crippen molar-refractivity contribution < 1.29 is 18.0 Å². The van der Waals surface area contributed by atoms with Crippen LogP contribution >= 0.6 is 0 Å². The highest BCUT2D eigenvalue weighted by molar-refractivity contribution is 6.60.